The zero-order valence-corrected chi connectivity index (χ0v) is 10.0. The van der Waals surface area contributed by atoms with Crippen LogP contribution in [0, 0.1) is 0 Å². The summed E-state index contributed by atoms with van der Waals surface area (Å²) in [6, 6.07) is 12.3. The largest absolute Gasteiger partial charge is 0.416 e. The maximum absolute atomic E-state index is 12.6. The van der Waals surface area contributed by atoms with Gasteiger partial charge in [-0.2, -0.15) is 13.2 Å². The molecule has 0 radical (unpaired) electrons. The molecule has 0 bridgehead atoms. The fourth-order valence-electron chi connectivity index (χ4n) is 1.72. The molecule has 2 nitrogen and oxygen atoms in total. The highest BCUT2D eigenvalue weighted by Gasteiger charge is 2.30. The average Bonchev–Trinajstić information content (AvgIpc) is 2.38. The van der Waals surface area contributed by atoms with Crippen LogP contribution in [0.15, 0.2) is 48.5 Å². The fourth-order valence-corrected chi connectivity index (χ4v) is 1.72. The molecule has 0 spiro atoms. The van der Waals surface area contributed by atoms with Crippen molar-refractivity contribution in [3.63, 3.8) is 0 Å². The Hall–Kier alpha value is -2.01. The topological polar surface area (TPSA) is 38.0 Å². The van der Waals surface area contributed by atoms with E-state index in [-0.39, 0.29) is 0 Å². The molecule has 2 rings (SSSR count). The fraction of sp³-hybridized carbons (Fsp3) is 0.143. The summed E-state index contributed by atoms with van der Waals surface area (Å²) in [4.78, 5) is 0. The molecule has 0 amide bonds. The van der Waals surface area contributed by atoms with Crippen LogP contribution in [0.2, 0.25) is 0 Å². The summed E-state index contributed by atoms with van der Waals surface area (Å²) in [5.74, 6) is 0. The molecule has 2 aromatic rings. The van der Waals surface area contributed by atoms with Gasteiger partial charge in [-0.1, -0.05) is 18.2 Å². The van der Waals surface area contributed by atoms with Crippen molar-refractivity contribution in [2.45, 2.75) is 12.7 Å². The molecule has 5 heteroatoms. The van der Waals surface area contributed by atoms with Crippen LogP contribution in [0.1, 0.15) is 11.1 Å². The number of benzene rings is 2. The molecule has 0 heterocycles. The first-order valence-corrected chi connectivity index (χ1v) is 5.72. The van der Waals surface area contributed by atoms with Crippen molar-refractivity contribution in [1.29, 1.82) is 0 Å². The van der Waals surface area contributed by atoms with Crippen molar-refractivity contribution in [3.05, 3.63) is 59.7 Å². The van der Waals surface area contributed by atoms with Gasteiger partial charge in [-0.15, -0.1) is 0 Å². The Bertz CT molecular complexity index is 565. The monoisotopic (exact) mass is 266 g/mol. The minimum atomic E-state index is -4.34. The second-order valence-corrected chi connectivity index (χ2v) is 4.11. The molecule has 3 N–H and O–H groups in total. The van der Waals surface area contributed by atoms with Gasteiger partial charge in [0.25, 0.3) is 0 Å². The van der Waals surface area contributed by atoms with Crippen LogP contribution in [0.5, 0.6) is 0 Å². The molecular formula is C14H13F3N2. The van der Waals surface area contributed by atoms with E-state index in [0.717, 1.165) is 17.7 Å². The van der Waals surface area contributed by atoms with Crippen molar-refractivity contribution in [2.75, 3.05) is 5.32 Å². The number of rotatable bonds is 3. The molecule has 0 atom stereocenters. The summed E-state index contributed by atoms with van der Waals surface area (Å²) >= 11 is 0. The van der Waals surface area contributed by atoms with E-state index in [2.05, 4.69) is 5.32 Å². The highest BCUT2D eigenvalue weighted by molar-refractivity contribution is 5.61. The van der Waals surface area contributed by atoms with Gasteiger partial charge in [-0.05, 0) is 35.9 Å². The second-order valence-electron chi connectivity index (χ2n) is 4.11. The van der Waals surface area contributed by atoms with Crippen molar-refractivity contribution in [2.24, 2.45) is 5.73 Å². The van der Waals surface area contributed by atoms with E-state index in [4.69, 9.17) is 5.73 Å². The highest BCUT2D eigenvalue weighted by Crippen LogP contribution is 2.31. The van der Waals surface area contributed by atoms with Crippen molar-refractivity contribution >= 4 is 11.4 Å². The molecule has 0 aliphatic heterocycles. The van der Waals surface area contributed by atoms with Gasteiger partial charge in [-0.3, -0.25) is 0 Å². The molecule has 0 saturated heterocycles. The summed E-state index contributed by atoms with van der Waals surface area (Å²) in [7, 11) is 0. The maximum Gasteiger partial charge on any atom is 0.416 e. The SMILES string of the molecule is NCc1cccc(Nc2cccc(C(F)(F)F)c2)c1. The Kier molecular flexibility index (Phi) is 3.76. The molecule has 100 valence electrons. The normalized spacial score (nSPS) is 11.4. The second kappa shape index (κ2) is 5.32. The lowest BCUT2D eigenvalue weighted by Gasteiger charge is -2.11. The van der Waals surface area contributed by atoms with E-state index >= 15 is 0 Å². The van der Waals surface area contributed by atoms with E-state index in [9.17, 15) is 13.2 Å². The Labute approximate surface area is 109 Å². The Morgan fingerprint density at radius 1 is 0.947 bits per heavy atom. The number of anilines is 2. The van der Waals surface area contributed by atoms with Crippen molar-refractivity contribution in [1.82, 2.24) is 0 Å². The first-order valence-electron chi connectivity index (χ1n) is 5.72. The van der Waals surface area contributed by atoms with E-state index < -0.39 is 11.7 Å². The van der Waals surface area contributed by atoms with E-state index in [1.54, 1.807) is 24.3 Å². The summed E-state index contributed by atoms with van der Waals surface area (Å²) < 4.78 is 37.7. The minimum Gasteiger partial charge on any atom is -0.356 e. The maximum atomic E-state index is 12.6. The molecule has 0 saturated carbocycles. The predicted octanol–water partition coefficient (Wildman–Crippen LogP) is 3.91. The molecule has 0 aliphatic carbocycles. The zero-order chi connectivity index (χ0) is 13.9. The lowest BCUT2D eigenvalue weighted by atomic mass is 10.1. The van der Waals surface area contributed by atoms with Crippen LogP contribution in [0.25, 0.3) is 0 Å². The molecule has 0 aliphatic rings. The number of nitrogens with two attached hydrogens (primary N) is 1. The molecule has 0 aromatic heterocycles. The van der Waals surface area contributed by atoms with Gasteiger partial charge in [0.1, 0.15) is 0 Å². The third-order valence-corrected chi connectivity index (χ3v) is 2.64. The van der Waals surface area contributed by atoms with Gasteiger partial charge in [0.2, 0.25) is 0 Å². The molecule has 19 heavy (non-hydrogen) atoms. The standard InChI is InChI=1S/C14H13F3N2/c15-14(16,17)11-4-2-6-13(8-11)19-12-5-1-3-10(7-12)9-18/h1-8,19H,9,18H2. The van der Waals surface area contributed by atoms with Crippen LogP contribution in [0.4, 0.5) is 24.5 Å². The van der Waals surface area contributed by atoms with E-state index in [0.29, 0.717) is 17.9 Å². The predicted molar refractivity (Wildman–Crippen MR) is 69.1 cm³/mol. The highest BCUT2D eigenvalue weighted by atomic mass is 19.4. The van der Waals surface area contributed by atoms with Gasteiger partial charge in [0.15, 0.2) is 0 Å². The summed E-state index contributed by atoms with van der Waals surface area (Å²) in [6.45, 7) is 0.387. The van der Waals surface area contributed by atoms with E-state index in [1.807, 2.05) is 6.07 Å². The summed E-state index contributed by atoms with van der Waals surface area (Å²) in [5.41, 5.74) is 6.86. The van der Waals surface area contributed by atoms with Crippen molar-refractivity contribution < 1.29 is 13.2 Å². The van der Waals surface area contributed by atoms with Crippen molar-refractivity contribution in [3.8, 4) is 0 Å². The number of hydrogen-bond donors (Lipinski definition) is 2. The van der Waals surface area contributed by atoms with Gasteiger partial charge < -0.3 is 11.1 Å². The quantitative estimate of drug-likeness (QED) is 0.884. The van der Waals surface area contributed by atoms with Gasteiger partial charge in [0, 0.05) is 17.9 Å². The number of hydrogen-bond acceptors (Lipinski definition) is 2. The van der Waals surface area contributed by atoms with Gasteiger partial charge in [-0.25, -0.2) is 0 Å². The number of nitrogens with one attached hydrogen (secondary N) is 1. The van der Waals surface area contributed by atoms with Crippen LogP contribution < -0.4 is 11.1 Å². The lowest BCUT2D eigenvalue weighted by Crippen LogP contribution is -2.05. The summed E-state index contributed by atoms with van der Waals surface area (Å²) in [6.07, 6.45) is -4.34. The number of halogens is 3. The molecule has 2 aromatic carbocycles. The van der Waals surface area contributed by atoms with Crippen LogP contribution in [0.3, 0.4) is 0 Å². The first kappa shape index (κ1) is 13.4. The lowest BCUT2D eigenvalue weighted by molar-refractivity contribution is -0.137. The smallest absolute Gasteiger partial charge is 0.356 e. The zero-order valence-electron chi connectivity index (χ0n) is 10.0. The van der Waals surface area contributed by atoms with Gasteiger partial charge >= 0.3 is 6.18 Å². The summed E-state index contributed by atoms with van der Waals surface area (Å²) in [5, 5.41) is 2.94. The third-order valence-electron chi connectivity index (χ3n) is 2.64. The van der Waals surface area contributed by atoms with E-state index in [1.165, 1.54) is 6.07 Å². The molecule has 0 unspecified atom stereocenters. The van der Waals surface area contributed by atoms with Crippen LogP contribution >= 0.6 is 0 Å². The molecule has 0 fully saturated rings. The van der Waals surface area contributed by atoms with Crippen LogP contribution in [-0.2, 0) is 12.7 Å². The third kappa shape index (κ3) is 3.48. The Morgan fingerprint density at radius 2 is 1.58 bits per heavy atom. The molecular weight excluding hydrogens is 253 g/mol. The Balaban J connectivity index is 2.23. The Morgan fingerprint density at radius 3 is 2.21 bits per heavy atom. The first-order chi connectivity index (χ1) is 8.99. The number of alkyl halides is 3. The van der Waals surface area contributed by atoms with Gasteiger partial charge in [0.05, 0.1) is 5.56 Å². The average molecular weight is 266 g/mol. The minimum absolute atomic E-state index is 0.387. The van der Waals surface area contributed by atoms with Crippen LogP contribution in [-0.4, -0.2) is 0 Å².